The van der Waals surface area contributed by atoms with E-state index in [9.17, 15) is 18.0 Å². The molecule has 0 aliphatic carbocycles. The standard InChI is InChI=1S/C16H24N6OS.C8H7F3/c1-4-17-6-5-7-18-15-8-13(20-10-21-15)16(23)22-11(2)14-9-19-12(3)24-14;1-6-2-4-7(5-3-6)8(9,10)11/h8-11,17H,4-7H2,1-3H3,(H,22,23)(H,18,20,21);2-5H,1H3. The number of halogens is 3. The minimum absolute atomic E-state index is 0.102. The highest BCUT2D eigenvalue weighted by molar-refractivity contribution is 7.11. The van der Waals surface area contributed by atoms with Gasteiger partial charge in [-0.05, 0) is 52.4 Å². The average Bonchev–Trinajstić information content (AvgIpc) is 3.26. The number of carbonyl (C=O) groups is 1. The number of nitrogens with one attached hydrogen (secondary N) is 3. The van der Waals surface area contributed by atoms with E-state index >= 15 is 0 Å². The third-order valence-electron chi connectivity index (χ3n) is 4.78. The number of carbonyl (C=O) groups excluding carboxylic acids is 1. The van der Waals surface area contributed by atoms with Gasteiger partial charge in [0.05, 0.1) is 16.6 Å². The normalized spacial score (nSPS) is 11.9. The molecule has 0 spiro atoms. The minimum Gasteiger partial charge on any atom is -0.370 e. The molecule has 0 radical (unpaired) electrons. The molecule has 2 heterocycles. The first-order valence-electron chi connectivity index (χ1n) is 11.2. The smallest absolute Gasteiger partial charge is 0.370 e. The Kier molecular flexibility index (Phi) is 11.1. The summed E-state index contributed by atoms with van der Waals surface area (Å²) in [6.07, 6.45) is -0.0276. The van der Waals surface area contributed by atoms with E-state index in [0.29, 0.717) is 11.5 Å². The van der Waals surface area contributed by atoms with Crippen LogP contribution in [0.25, 0.3) is 0 Å². The van der Waals surface area contributed by atoms with Gasteiger partial charge in [-0.1, -0.05) is 24.6 Å². The molecule has 35 heavy (non-hydrogen) atoms. The SMILES string of the molecule is CCNCCCNc1cc(C(=O)NC(C)c2cnc(C)s2)ncn1.Cc1ccc(C(F)(F)F)cc1. The monoisotopic (exact) mass is 508 g/mol. The maximum Gasteiger partial charge on any atom is 0.416 e. The number of aryl methyl sites for hydroxylation is 2. The highest BCUT2D eigenvalue weighted by Crippen LogP contribution is 2.28. The van der Waals surface area contributed by atoms with Crippen LogP contribution in [-0.2, 0) is 6.18 Å². The largest absolute Gasteiger partial charge is 0.416 e. The molecule has 0 bridgehead atoms. The zero-order valence-electron chi connectivity index (χ0n) is 20.2. The lowest BCUT2D eigenvalue weighted by Gasteiger charge is -2.12. The maximum absolute atomic E-state index is 12.3. The van der Waals surface area contributed by atoms with Gasteiger partial charge in [0, 0.05) is 23.7 Å². The van der Waals surface area contributed by atoms with Crippen LogP contribution in [-0.4, -0.2) is 40.5 Å². The Balaban J connectivity index is 0.000000328. The van der Waals surface area contributed by atoms with Crippen LogP contribution < -0.4 is 16.0 Å². The number of rotatable bonds is 9. The van der Waals surface area contributed by atoms with Crippen molar-refractivity contribution in [1.29, 1.82) is 0 Å². The molecule has 11 heteroatoms. The van der Waals surface area contributed by atoms with Crippen LogP contribution in [0.2, 0.25) is 0 Å². The van der Waals surface area contributed by atoms with Gasteiger partial charge in [-0.15, -0.1) is 11.3 Å². The second-order valence-electron chi connectivity index (χ2n) is 7.76. The van der Waals surface area contributed by atoms with Gasteiger partial charge in [0.15, 0.2) is 0 Å². The van der Waals surface area contributed by atoms with E-state index in [-0.39, 0.29) is 11.9 Å². The van der Waals surface area contributed by atoms with Crippen molar-refractivity contribution in [2.45, 2.75) is 46.3 Å². The van der Waals surface area contributed by atoms with Crippen LogP contribution in [0.15, 0.2) is 42.9 Å². The molecule has 2 aromatic heterocycles. The lowest BCUT2D eigenvalue weighted by molar-refractivity contribution is -0.137. The van der Waals surface area contributed by atoms with Crippen molar-refractivity contribution in [3.8, 4) is 0 Å². The molecule has 0 aliphatic rings. The average molecular weight is 509 g/mol. The summed E-state index contributed by atoms with van der Waals surface area (Å²) in [6, 6.07) is 6.62. The lowest BCUT2D eigenvalue weighted by atomic mass is 10.1. The van der Waals surface area contributed by atoms with Crippen LogP contribution in [0.1, 0.15) is 57.8 Å². The molecule has 3 rings (SSSR count). The number of anilines is 1. The van der Waals surface area contributed by atoms with E-state index in [1.807, 2.05) is 13.8 Å². The fraction of sp³-hybridized carbons (Fsp3) is 0.417. The van der Waals surface area contributed by atoms with E-state index in [1.54, 1.807) is 30.5 Å². The second-order valence-corrected chi connectivity index (χ2v) is 9.03. The molecule has 1 amide bonds. The summed E-state index contributed by atoms with van der Waals surface area (Å²) in [4.78, 5) is 25.8. The number of hydrogen-bond donors (Lipinski definition) is 3. The summed E-state index contributed by atoms with van der Waals surface area (Å²) >= 11 is 1.58. The first kappa shape index (κ1) is 28.2. The fourth-order valence-electron chi connectivity index (χ4n) is 2.85. The molecule has 190 valence electrons. The Labute approximate surface area is 207 Å². The number of aromatic nitrogens is 3. The second kappa shape index (κ2) is 13.7. The first-order valence-corrected chi connectivity index (χ1v) is 12.1. The van der Waals surface area contributed by atoms with Gasteiger partial charge in [0.2, 0.25) is 0 Å². The van der Waals surface area contributed by atoms with E-state index < -0.39 is 11.7 Å². The molecular formula is C24H31F3N6OS. The number of hydrogen-bond acceptors (Lipinski definition) is 7. The van der Waals surface area contributed by atoms with Crippen LogP contribution in [0.4, 0.5) is 19.0 Å². The molecule has 1 atom stereocenters. The number of amides is 1. The summed E-state index contributed by atoms with van der Waals surface area (Å²) in [5, 5.41) is 10.4. The van der Waals surface area contributed by atoms with Gasteiger partial charge in [-0.2, -0.15) is 13.2 Å². The Morgan fingerprint density at radius 2 is 1.80 bits per heavy atom. The molecule has 0 saturated carbocycles. The van der Waals surface area contributed by atoms with Crippen molar-refractivity contribution in [3.63, 3.8) is 0 Å². The predicted octanol–water partition coefficient (Wildman–Crippen LogP) is 5.16. The highest BCUT2D eigenvalue weighted by atomic mass is 32.1. The van der Waals surface area contributed by atoms with E-state index in [4.69, 9.17) is 0 Å². The summed E-state index contributed by atoms with van der Waals surface area (Å²) in [7, 11) is 0. The van der Waals surface area contributed by atoms with Crippen molar-refractivity contribution < 1.29 is 18.0 Å². The van der Waals surface area contributed by atoms with Crippen molar-refractivity contribution >= 4 is 23.1 Å². The van der Waals surface area contributed by atoms with E-state index in [2.05, 4.69) is 37.8 Å². The molecule has 0 aliphatic heterocycles. The summed E-state index contributed by atoms with van der Waals surface area (Å²) in [5.74, 6) is 0.444. The first-order chi connectivity index (χ1) is 16.6. The van der Waals surface area contributed by atoms with Crippen molar-refractivity contribution in [2.75, 3.05) is 25.0 Å². The van der Waals surface area contributed by atoms with E-state index in [0.717, 1.165) is 53.6 Å². The quantitative estimate of drug-likeness (QED) is 0.346. The predicted molar refractivity (Wildman–Crippen MR) is 133 cm³/mol. The third-order valence-corrected chi connectivity index (χ3v) is 5.87. The number of alkyl halides is 3. The van der Waals surface area contributed by atoms with Gasteiger partial charge >= 0.3 is 6.18 Å². The summed E-state index contributed by atoms with van der Waals surface area (Å²) in [5.41, 5.74) is 0.591. The zero-order valence-corrected chi connectivity index (χ0v) is 21.1. The summed E-state index contributed by atoms with van der Waals surface area (Å²) in [6.45, 7) is 10.4. The third kappa shape index (κ3) is 9.99. The van der Waals surface area contributed by atoms with Gasteiger partial charge in [-0.3, -0.25) is 4.79 Å². The Hall–Kier alpha value is -3.05. The molecule has 1 aromatic carbocycles. The van der Waals surface area contributed by atoms with Gasteiger partial charge < -0.3 is 16.0 Å². The van der Waals surface area contributed by atoms with Gasteiger partial charge in [-0.25, -0.2) is 15.0 Å². The van der Waals surface area contributed by atoms with Crippen molar-refractivity contribution in [2.24, 2.45) is 0 Å². The lowest BCUT2D eigenvalue weighted by Crippen LogP contribution is -2.27. The van der Waals surface area contributed by atoms with E-state index in [1.165, 1.54) is 18.5 Å². The van der Waals surface area contributed by atoms with Crippen LogP contribution in [0.5, 0.6) is 0 Å². The van der Waals surface area contributed by atoms with Crippen LogP contribution in [0.3, 0.4) is 0 Å². The molecule has 1 unspecified atom stereocenters. The molecule has 0 saturated heterocycles. The number of nitrogens with zero attached hydrogens (tertiary/aromatic N) is 3. The topological polar surface area (TPSA) is 91.8 Å². The highest BCUT2D eigenvalue weighted by Gasteiger charge is 2.29. The summed E-state index contributed by atoms with van der Waals surface area (Å²) < 4.78 is 35.8. The van der Waals surface area contributed by atoms with Crippen LogP contribution in [0, 0.1) is 13.8 Å². The molecule has 3 N–H and O–H groups in total. The van der Waals surface area contributed by atoms with Crippen molar-refractivity contribution in [1.82, 2.24) is 25.6 Å². The number of benzene rings is 1. The van der Waals surface area contributed by atoms with Gasteiger partial charge in [0.25, 0.3) is 5.91 Å². The molecule has 0 fully saturated rings. The zero-order chi connectivity index (χ0) is 25.8. The maximum atomic E-state index is 12.3. The fourth-order valence-corrected chi connectivity index (χ4v) is 3.63. The minimum atomic E-state index is -4.21. The van der Waals surface area contributed by atoms with Crippen LogP contribution >= 0.6 is 11.3 Å². The molecule has 7 nitrogen and oxygen atoms in total. The Morgan fingerprint density at radius 3 is 2.40 bits per heavy atom. The Morgan fingerprint density at radius 1 is 1.09 bits per heavy atom. The Bertz CT molecular complexity index is 1060. The molecular weight excluding hydrogens is 477 g/mol. The molecule has 3 aromatic rings. The van der Waals surface area contributed by atoms with Gasteiger partial charge in [0.1, 0.15) is 17.8 Å². The number of thiazole rings is 1. The van der Waals surface area contributed by atoms with Crippen molar-refractivity contribution in [3.05, 3.63) is 69.6 Å².